The van der Waals surface area contributed by atoms with Crippen molar-refractivity contribution in [1.82, 2.24) is 20.4 Å². The van der Waals surface area contributed by atoms with E-state index in [1.807, 2.05) is 12.1 Å². The predicted molar refractivity (Wildman–Crippen MR) is 192 cm³/mol. The largest absolute Gasteiger partial charge is 0.493 e. The number of guanidine groups is 1. The number of Topliss-reactive ketones (excluding diaryl/α,β-unsaturated/α-hetero) is 1. The Morgan fingerprint density at radius 2 is 1.96 bits per heavy atom. The van der Waals surface area contributed by atoms with Crippen LogP contribution in [0.4, 0.5) is 4.79 Å². The molecule has 7 N–H and O–H groups in total. The molecule has 0 saturated carbocycles. The number of nitrogens with zero attached hydrogens (tertiary/aromatic N) is 3. The van der Waals surface area contributed by atoms with E-state index in [1.54, 1.807) is 7.11 Å². The van der Waals surface area contributed by atoms with E-state index < -0.39 is 47.4 Å². The summed E-state index contributed by atoms with van der Waals surface area (Å²) in [4.78, 5) is 71.5. The zero-order valence-corrected chi connectivity index (χ0v) is 30.6. The number of nitrogens with one attached hydrogen (secondary N) is 2. The van der Waals surface area contributed by atoms with Crippen LogP contribution >= 0.6 is 0 Å². The van der Waals surface area contributed by atoms with Crippen molar-refractivity contribution in [1.29, 1.82) is 0 Å². The number of hydrogen-bond donors (Lipinski definition) is 5. The molecule has 0 radical (unpaired) electrons. The molecular formula is C37H51N7O9. The molecule has 6 rings (SSSR count). The second kappa shape index (κ2) is 15.6. The highest BCUT2D eigenvalue weighted by Crippen LogP contribution is 2.63. The average molecular weight is 738 g/mol. The number of likely N-dealkylation sites (N-methyl/N-ethyl adjacent to an activating group) is 1. The molecule has 1 spiro atoms. The zero-order chi connectivity index (χ0) is 38.0. The van der Waals surface area contributed by atoms with Crippen LogP contribution in [0.1, 0.15) is 63.0 Å². The third-order valence-corrected chi connectivity index (χ3v) is 11.8. The van der Waals surface area contributed by atoms with Crippen LogP contribution in [0.25, 0.3) is 0 Å². The lowest BCUT2D eigenvalue weighted by atomic mass is 9.53. The Hall–Kier alpha value is -4.86. The summed E-state index contributed by atoms with van der Waals surface area (Å²) >= 11 is 0. The molecule has 7 atom stereocenters. The van der Waals surface area contributed by atoms with E-state index in [4.69, 9.17) is 25.7 Å². The van der Waals surface area contributed by atoms with Gasteiger partial charge in [-0.3, -0.25) is 24.2 Å². The number of carboxylic acid groups (broad SMARTS) is 1. The molecule has 5 aliphatic rings. The minimum absolute atomic E-state index is 0.0234. The van der Waals surface area contributed by atoms with Gasteiger partial charge in [-0.25, -0.2) is 4.79 Å². The number of aliphatic imine (C=N–C) groups is 1. The van der Waals surface area contributed by atoms with E-state index in [0.29, 0.717) is 55.4 Å². The van der Waals surface area contributed by atoms with Crippen molar-refractivity contribution in [3.05, 3.63) is 35.1 Å². The second-order valence-corrected chi connectivity index (χ2v) is 15.0. The Morgan fingerprint density at radius 1 is 1.17 bits per heavy atom. The number of allylic oxidation sites excluding steroid dienone is 1. The number of amides is 3. The van der Waals surface area contributed by atoms with Gasteiger partial charge in [-0.1, -0.05) is 6.07 Å². The lowest BCUT2D eigenvalue weighted by Gasteiger charge is -2.56. The smallest absolute Gasteiger partial charge is 0.415 e. The van der Waals surface area contributed by atoms with Gasteiger partial charge >= 0.3 is 12.1 Å². The van der Waals surface area contributed by atoms with Crippen molar-refractivity contribution >= 4 is 35.6 Å². The summed E-state index contributed by atoms with van der Waals surface area (Å²) in [5.41, 5.74) is 12.8. The maximum atomic E-state index is 14.2. The number of carboxylic acids is 1. The van der Waals surface area contributed by atoms with Gasteiger partial charge in [0.1, 0.15) is 5.76 Å². The number of rotatable bonds is 14. The molecule has 2 unspecified atom stereocenters. The Kier molecular flexibility index (Phi) is 11.2. The first-order chi connectivity index (χ1) is 25.3. The number of methoxy groups -OCH3 is 1. The molecule has 288 valence electrons. The Morgan fingerprint density at radius 3 is 2.68 bits per heavy atom. The van der Waals surface area contributed by atoms with Gasteiger partial charge < -0.3 is 51.2 Å². The Labute approximate surface area is 308 Å². The maximum Gasteiger partial charge on any atom is 0.415 e. The van der Waals surface area contributed by atoms with Gasteiger partial charge in [0.05, 0.1) is 25.6 Å². The minimum atomic E-state index is -1.02. The number of likely N-dealkylation sites (tertiary alicyclic amines) is 2. The summed E-state index contributed by atoms with van der Waals surface area (Å²) in [6.07, 6.45) is 4.33. The lowest BCUT2D eigenvalue weighted by Crippen LogP contribution is -2.63. The van der Waals surface area contributed by atoms with Gasteiger partial charge in [0, 0.05) is 55.9 Å². The van der Waals surface area contributed by atoms with Gasteiger partial charge in [-0.05, 0) is 82.2 Å². The maximum absolute atomic E-state index is 14.2. The topological polar surface area (TPSA) is 228 Å². The average Bonchev–Trinajstić information content (AvgIpc) is 3.48. The molecule has 1 aromatic rings. The zero-order valence-electron chi connectivity index (χ0n) is 30.6. The number of ether oxygens (including phenoxy) is 3. The summed E-state index contributed by atoms with van der Waals surface area (Å²) in [6, 6.07) is 3.78. The third-order valence-electron chi connectivity index (χ3n) is 11.8. The number of ketones is 1. The van der Waals surface area contributed by atoms with Crippen molar-refractivity contribution in [2.45, 2.75) is 81.9 Å². The molecule has 3 aliphatic heterocycles. The highest BCUT2D eigenvalue weighted by molar-refractivity contribution is 5.89. The van der Waals surface area contributed by atoms with Crippen molar-refractivity contribution in [3.8, 4) is 11.5 Å². The van der Waals surface area contributed by atoms with Gasteiger partial charge in [0.25, 0.3) is 0 Å². The summed E-state index contributed by atoms with van der Waals surface area (Å²) < 4.78 is 18.7. The van der Waals surface area contributed by atoms with E-state index in [9.17, 15) is 29.1 Å². The van der Waals surface area contributed by atoms with Crippen LogP contribution in [0.2, 0.25) is 0 Å². The molecule has 2 aliphatic carbocycles. The summed E-state index contributed by atoms with van der Waals surface area (Å²) in [7, 11) is 3.77. The quantitative estimate of drug-likeness (QED) is 0.103. The second-order valence-electron chi connectivity index (χ2n) is 15.0. The Balaban J connectivity index is 1.18. The monoisotopic (exact) mass is 737 g/mol. The van der Waals surface area contributed by atoms with Crippen LogP contribution in [0, 0.1) is 17.8 Å². The SMILES string of the molecule is COc1ccc2c3c1O[C@H]1C(OC(=O)N4CC(C(=O)O)CC[C@@H]4CNC(=O)[C@H](CCCN=C(N)N)CC(=O)CNC(C)=O)=CCC4[C@@H](C2)N(C)CC[C@@]341. The van der Waals surface area contributed by atoms with Gasteiger partial charge in [-0.2, -0.15) is 0 Å². The predicted octanol–water partition coefficient (Wildman–Crippen LogP) is 1.04. The van der Waals surface area contributed by atoms with E-state index >= 15 is 0 Å². The van der Waals surface area contributed by atoms with Gasteiger partial charge in [0.2, 0.25) is 11.8 Å². The lowest BCUT2D eigenvalue weighted by molar-refractivity contribution is -0.144. The molecule has 3 amide bonds. The molecule has 53 heavy (non-hydrogen) atoms. The molecule has 16 heteroatoms. The number of hydrogen-bond acceptors (Lipinski definition) is 10. The number of carbonyl (C=O) groups is 5. The molecule has 16 nitrogen and oxygen atoms in total. The Bertz CT molecular complexity index is 1690. The fraction of sp³-hybridized carbons (Fsp3) is 0.622. The van der Waals surface area contributed by atoms with Crippen LogP contribution < -0.4 is 31.6 Å². The molecule has 2 bridgehead atoms. The number of piperidine rings is 2. The van der Waals surface area contributed by atoms with Gasteiger partial charge in [0.15, 0.2) is 29.3 Å². The molecule has 0 aromatic heterocycles. The third kappa shape index (κ3) is 7.50. The van der Waals surface area contributed by atoms with Gasteiger partial charge in [-0.15, -0.1) is 0 Å². The van der Waals surface area contributed by atoms with E-state index in [-0.39, 0.29) is 56.2 Å². The van der Waals surface area contributed by atoms with Crippen LogP contribution in [0.3, 0.4) is 0 Å². The highest BCUT2D eigenvalue weighted by Gasteiger charge is 2.65. The standard InChI is InChI=1S/C37H51N7O9/c1-20(45)41-18-25(46)15-22(5-4-13-40-35(38)39)33(47)42-17-24-8-6-23(34(48)49)19-44(24)36(50)52-29-11-9-26-27-16-21-7-10-28(51-3)31-30(21)37(26,32(29)53-31)12-14-43(27)2/h7,10-11,22-24,26-27,32H,4-6,8-9,12-19H2,1-3H3,(H,41,45)(H,42,47)(H,48,49)(H4,38,39,40)/t22-,23?,24-,26?,27-,32+,37+/m1/s1. The minimum Gasteiger partial charge on any atom is -0.493 e. The fourth-order valence-corrected chi connectivity index (χ4v) is 9.19. The molecule has 2 saturated heterocycles. The number of nitrogens with two attached hydrogens (primary N) is 2. The number of benzene rings is 1. The first-order valence-electron chi connectivity index (χ1n) is 18.4. The fourth-order valence-electron chi connectivity index (χ4n) is 9.19. The summed E-state index contributed by atoms with van der Waals surface area (Å²) in [6.45, 7) is 2.16. The summed E-state index contributed by atoms with van der Waals surface area (Å²) in [5.74, 6) is -1.74. The first-order valence-corrected chi connectivity index (χ1v) is 18.4. The van der Waals surface area contributed by atoms with Crippen LogP contribution in [0.5, 0.6) is 11.5 Å². The molecular weight excluding hydrogens is 686 g/mol. The van der Waals surface area contributed by atoms with Crippen LogP contribution in [-0.4, -0.2) is 116 Å². The molecule has 2 fully saturated rings. The summed E-state index contributed by atoms with van der Waals surface area (Å²) in [5, 5.41) is 15.3. The van der Waals surface area contributed by atoms with Crippen LogP contribution in [-0.2, 0) is 35.8 Å². The van der Waals surface area contributed by atoms with E-state index in [0.717, 1.165) is 24.9 Å². The van der Waals surface area contributed by atoms with Crippen molar-refractivity contribution in [2.24, 2.45) is 34.2 Å². The van der Waals surface area contributed by atoms with E-state index in [1.165, 1.54) is 17.4 Å². The molecule has 1 aromatic carbocycles. The number of carbonyl (C=O) groups excluding carboxylic acids is 4. The number of aliphatic carboxylic acids is 1. The van der Waals surface area contributed by atoms with Crippen molar-refractivity contribution in [3.63, 3.8) is 0 Å². The van der Waals surface area contributed by atoms with E-state index in [2.05, 4.69) is 33.6 Å². The molecule has 3 heterocycles. The van der Waals surface area contributed by atoms with Crippen molar-refractivity contribution < 1.29 is 43.3 Å². The first kappa shape index (κ1) is 37.9. The highest BCUT2D eigenvalue weighted by atomic mass is 16.6. The van der Waals surface area contributed by atoms with Crippen molar-refractivity contribution in [2.75, 3.05) is 46.9 Å². The normalized spacial score (nSPS) is 27.3. The van der Waals surface area contributed by atoms with Crippen LogP contribution in [0.15, 0.2) is 29.0 Å².